The van der Waals surface area contributed by atoms with Crippen LogP contribution in [0.25, 0.3) is 0 Å². The van der Waals surface area contributed by atoms with Gasteiger partial charge in [-0.25, -0.2) is 0 Å². The maximum Gasteiger partial charge on any atom is 0.234 e. The van der Waals surface area contributed by atoms with Crippen LogP contribution in [0.1, 0.15) is 30.2 Å². The molecule has 0 bridgehead atoms. The number of rotatable bonds is 8. The first-order valence-corrected chi connectivity index (χ1v) is 10.7. The van der Waals surface area contributed by atoms with Crippen molar-refractivity contribution in [3.63, 3.8) is 0 Å². The highest BCUT2D eigenvalue weighted by Gasteiger charge is 2.34. The Labute approximate surface area is 170 Å². The number of hydrogen-bond donors (Lipinski definition) is 1. The zero-order chi connectivity index (χ0) is 19.1. The molecule has 1 fully saturated rings. The Balaban J connectivity index is 1.58. The second kappa shape index (κ2) is 9.69. The molecule has 0 spiro atoms. The Bertz CT molecular complexity index is 729. The quantitative estimate of drug-likeness (QED) is 0.717. The lowest BCUT2D eigenvalue weighted by atomic mass is 9.74. The van der Waals surface area contributed by atoms with Crippen LogP contribution in [0, 0.1) is 0 Å². The molecular formula is C21H27ClN2O2S. The minimum atomic E-state index is -0.0342. The van der Waals surface area contributed by atoms with Crippen LogP contribution in [0.4, 0.5) is 0 Å². The van der Waals surface area contributed by atoms with Gasteiger partial charge >= 0.3 is 0 Å². The first-order valence-electron chi connectivity index (χ1n) is 9.48. The Morgan fingerprint density at radius 2 is 1.96 bits per heavy atom. The fourth-order valence-electron chi connectivity index (χ4n) is 3.58. The van der Waals surface area contributed by atoms with E-state index in [1.54, 1.807) is 11.3 Å². The summed E-state index contributed by atoms with van der Waals surface area (Å²) in [6.07, 6.45) is 1.87. The van der Waals surface area contributed by atoms with E-state index in [0.717, 1.165) is 43.5 Å². The summed E-state index contributed by atoms with van der Waals surface area (Å²) in [6.45, 7) is 6.18. The van der Waals surface area contributed by atoms with Crippen molar-refractivity contribution in [2.24, 2.45) is 0 Å². The van der Waals surface area contributed by atoms with Crippen molar-refractivity contribution in [2.45, 2.75) is 31.7 Å². The van der Waals surface area contributed by atoms with Crippen LogP contribution in [-0.2, 0) is 21.5 Å². The van der Waals surface area contributed by atoms with E-state index in [0.29, 0.717) is 13.1 Å². The Morgan fingerprint density at radius 3 is 2.59 bits per heavy atom. The maximum atomic E-state index is 12.6. The number of benzene rings is 1. The SMILES string of the molecule is CCN(CC(=O)NCC1(c2ccccc2)CCOCC1)Cc1ccc(Cl)s1. The normalized spacial score (nSPS) is 16.4. The summed E-state index contributed by atoms with van der Waals surface area (Å²) < 4.78 is 6.36. The summed E-state index contributed by atoms with van der Waals surface area (Å²) in [5.74, 6) is 0.0706. The van der Waals surface area contributed by atoms with E-state index >= 15 is 0 Å². The molecule has 2 aromatic rings. The number of likely N-dealkylation sites (N-methyl/N-ethyl adjacent to an activating group) is 1. The van der Waals surface area contributed by atoms with E-state index in [9.17, 15) is 4.79 Å². The van der Waals surface area contributed by atoms with Gasteiger partial charge in [-0.2, -0.15) is 0 Å². The number of nitrogens with one attached hydrogen (secondary N) is 1. The van der Waals surface area contributed by atoms with Crippen molar-refractivity contribution >= 4 is 28.8 Å². The van der Waals surface area contributed by atoms with Crippen LogP contribution >= 0.6 is 22.9 Å². The lowest BCUT2D eigenvalue weighted by molar-refractivity contribution is -0.122. The average molecular weight is 407 g/mol. The van der Waals surface area contributed by atoms with E-state index in [-0.39, 0.29) is 11.3 Å². The van der Waals surface area contributed by atoms with Crippen molar-refractivity contribution in [1.29, 1.82) is 0 Å². The molecule has 0 aliphatic carbocycles. The lowest BCUT2D eigenvalue weighted by Crippen LogP contribution is -2.47. The number of hydrogen-bond acceptors (Lipinski definition) is 4. The van der Waals surface area contributed by atoms with E-state index in [4.69, 9.17) is 16.3 Å². The third kappa shape index (κ3) is 5.55. The molecule has 1 N–H and O–H groups in total. The van der Waals surface area contributed by atoms with Crippen LogP contribution in [0.2, 0.25) is 4.34 Å². The van der Waals surface area contributed by atoms with Crippen molar-refractivity contribution in [1.82, 2.24) is 10.2 Å². The fraction of sp³-hybridized carbons (Fsp3) is 0.476. The van der Waals surface area contributed by atoms with Crippen LogP contribution in [0.5, 0.6) is 0 Å². The largest absolute Gasteiger partial charge is 0.381 e. The van der Waals surface area contributed by atoms with Gasteiger partial charge in [0.1, 0.15) is 0 Å². The number of thiophene rings is 1. The molecule has 1 aromatic heterocycles. The van der Waals surface area contributed by atoms with E-state index in [2.05, 4.69) is 41.4 Å². The van der Waals surface area contributed by atoms with Gasteiger partial charge in [-0.05, 0) is 37.1 Å². The summed E-state index contributed by atoms with van der Waals surface area (Å²) >= 11 is 7.58. The summed E-state index contributed by atoms with van der Waals surface area (Å²) in [5, 5.41) is 3.19. The van der Waals surface area contributed by atoms with E-state index < -0.39 is 0 Å². The standard InChI is InChI=1S/C21H27ClN2O2S/c1-2-24(14-18-8-9-19(22)27-18)15-20(25)23-16-21(10-12-26-13-11-21)17-6-4-3-5-7-17/h3-9H,2,10-16H2,1H3,(H,23,25). The smallest absolute Gasteiger partial charge is 0.234 e. The van der Waals surface area contributed by atoms with Gasteiger partial charge in [0.05, 0.1) is 10.9 Å². The van der Waals surface area contributed by atoms with Gasteiger partial charge in [-0.15, -0.1) is 11.3 Å². The van der Waals surface area contributed by atoms with Gasteiger partial charge in [0.2, 0.25) is 5.91 Å². The summed E-state index contributed by atoms with van der Waals surface area (Å²) in [6, 6.07) is 14.4. The molecule has 146 valence electrons. The fourth-order valence-corrected chi connectivity index (χ4v) is 4.71. The topological polar surface area (TPSA) is 41.6 Å². The third-order valence-electron chi connectivity index (χ3n) is 5.28. The van der Waals surface area contributed by atoms with Crippen LogP contribution in [-0.4, -0.2) is 43.7 Å². The summed E-state index contributed by atoms with van der Waals surface area (Å²) in [7, 11) is 0. The molecule has 1 amide bonds. The molecule has 0 atom stereocenters. The molecule has 1 aromatic carbocycles. The number of amides is 1. The minimum Gasteiger partial charge on any atom is -0.381 e. The predicted molar refractivity (Wildman–Crippen MR) is 111 cm³/mol. The molecule has 1 aliphatic heterocycles. The first kappa shape index (κ1) is 20.3. The van der Waals surface area contributed by atoms with Gasteiger partial charge in [0, 0.05) is 36.6 Å². The Morgan fingerprint density at radius 1 is 1.22 bits per heavy atom. The highest BCUT2D eigenvalue weighted by Crippen LogP contribution is 2.34. The van der Waals surface area contributed by atoms with E-state index in [1.165, 1.54) is 10.4 Å². The molecular weight excluding hydrogens is 380 g/mol. The molecule has 1 aliphatic rings. The molecule has 1 saturated heterocycles. The van der Waals surface area contributed by atoms with Gasteiger partial charge in [-0.1, -0.05) is 48.9 Å². The molecule has 0 saturated carbocycles. The van der Waals surface area contributed by atoms with Crippen LogP contribution in [0.3, 0.4) is 0 Å². The first-order chi connectivity index (χ1) is 13.1. The van der Waals surface area contributed by atoms with Crippen molar-refractivity contribution in [2.75, 3.05) is 32.8 Å². The van der Waals surface area contributed by atoms with Gasteiger partial charge < -0.3 is 10.1 Å². The maximum absolute atomic E-state index is 12.6. The van der Waals surface area contributed by atoms with Gasteiger partial charge in [-0.3, -0.25) is 9.69 Å². The number of carbonyl (C=O) groups excluding carboxylic acids is 1. The van der Waals surface area contributed by atoms with Gasteiger partial charge in [0.15, 0.2) is 0 Å². The number of carbonyl (C=O) groups is 1. The van der Waals surface area contributed by atoms with Gasteiger partial charge in [0.25, 0.3) is 0 Å². The predicted octanol–water partition coefficient (Wildman–Crippen LogP) is 4.09. The molecule has 0 radical (unpaired) electrons. The molecule has 6 heteroatoms. The lowest BCUT2D eigenvalue weighted by Gasteiger charge is -2.38. The van der Waals surface area contributed by atoms with E-state index in [1.807, 2.05) is 18.2 Å². The number of halogens is 1. The van der Waals surface area contributed by atoms with Crippen molar-refractivity contribution < 1.29 is 9.53 Å². The van der Waals surface area contributed by atoms with Crippen LogP contribution < -0.4 is 5.32 Å². The number of ether oxygens (including phenoxy) is 1. The summed E-state index contributed by atoms with van der Waals surface area (Å²) in [4.78, 5) is 15.9. The summed E-state index contributed by atoms with van der Waals surface area (Å²) in [5.41, 5.74) is 1.25. The molecule has 3 rings (SSSR count). The molecule has 0 unspecified atom stereocenters. The van der Waals surface area contributed by atoms with Crippen molar-refractivity contribution in [3.8, 4) is 0 Å². The van der Waals surface area contributed by atoms with Crippen LogP contribution in [0.15, 0.2) is 42.5 Å². The second-order valence-electron chi connectivity index (χ2n) is 7.04. The highest BCUT2D eigenvalue weighted by molar-refractivity contribution is 7.16. The monoisotopic (exact) mass is 406 g/mol. The molecule has 27 heavy (non-hydrogen) atoms. The molecule has 2 heterocycles. The molecule has 4 nitrogen and oxygen atoms in total. The highest BCUT2D eigenvalue weighted by atomic mass is 35.5. The average Bonchev–Trinajstić information content (AvgIpc) is 3.12. The zero-order valence-electron chi connectivity index (χ0n) is 15.7. The second-order valence-corrected chi connectivity index (χ2v) is 8.84. The number of nitrogens with zero attached hydrogens (tertiary/aromatic N) is 1. The zero-order valence-corrected chi connectivity index (χ0v) is 17.3. The third-order valence-corrected chi connectivity index (χ3v) is 6.50. The van der Waals surface area contributed by atoms with Crippen molar-refractivity contribution in [3.05, 3.63) is 57.2 Å². The Hall–Kier alpha value is -1.40. The minimum absolute atomic E-state index is 0.0342. The Kier molecular flexibility index (Phi) is 7.30.